The molecule has 0 bridgehead atoms. The van der Waals surface area contributed by atoms with Crippen LogP contribution in [-0.4, -0.2) is 46.3 Å². The largest absolute Gasteiger partial charge is 0.387 e. The van der Waals surface area contributed by atoms with Crippen LogP contribution in [0.15, 0.2) is 101 Å². The number of aryl methyl sites for hydroxylation is 1. The minimum Gasteiger partial charge on any atom is -0.387 e. The van der Waals surface area contributed by atoms with Crippen molar-refractivity contribution in [2.24, 2.45) is 0 Å². The SMILES string of the molecule is CC(C)(CCn1ccc2cc(C(=O)NCc3cc(=O)[nH][nH]3)ccc21)NC[C@H](O)c1cccc(NS(=O)(=O)c2ccccc2)c1. The number of β-amino-alcohol motifs (C(OH)–C–C–N with tert-alkyl or cyclic N) is 1. The number of carbonyl (C=O) groups is 1. The second-order valence-corrected chi connectivity index (χ2v) is 13.0. The van der Waals surface area contributed by atoms with Crippen molar-refractivity contribution in [3.8, 4) is 0 Å². The lowest BCUT2D eigenvalue weighted by Gasteiger charge is -2.28. The number of aromatic amines is 2. The first-order chi connectivity index (χ1) is 21.0. The first-order valence-corrected chi connectivity index (χ1v) is 15.7. The van der Waals surface area contributed by atoms with Gasteiger partial charge in [-0.05, 0) is 74.4 Å². The number of hydrogen-bond acceptors (Lipinski definition) is 6. The lowest BCUT2D eigenvalue weighted by Crippen LogP contribution is -2.42. The minimum atomic E-state index is -3.74. The second kappa shape index (κ2) is 12.9. The highest BCUT2D eigenvalue weighted by Gasteiger charge is 2.21. The van der Waals surface area contributed by atoms with Crippen molar-refractivity contribution in [1.82, 2.24) is 25.4 Å². The molecule has 5 aromatic rings. The van der Waals surface area contributed by atoms with Crippen LogP contribution in [-0.2, 0) is 23.1 Å². The van der Waals surface area contributed by atoms with E-state index in [4.69, 9.17) is 0 Å². The zero-order valence-electron chi connectivity index (χ0n) is 24.5. The average Bonchev–Trinajstić information content (AvgIpc) is 3.63. The summed E-state index contributed by atoms with van der Waals surface area (Å²) in [5.41, 5.74) is 2.54. The maximum atomic E-state index is 12.7. The number of aromatic nitrogens is 3. The number of carbonyl (C=O) groups excluding carboxylic acids is 1. The van der Waals surface area contributed by atoms with Crippen LogP contribution in [0.3, 0.4) is 0 Å². The number of H-pyrrole nitrogens is 2. The fraction of sp³-hybridized carbons (Fsp3) is 0.250. The van der Waals surface area contributed by atoms with Crippen molar-refractivity contribution >= 4 is 32.5 Å². The highest BCUT2D eigenvalue weighted by Crippen LogP contribution is 2.23. The smallest absolute Gasteiger partial charge is 0.264 e. The number of rotatable bonds is 13. The molecular weight excluding hydrogens is 580 g/mol. The van der Waals surface area contributed by atoms with E-state index in [1.807, 2.05) is 24.4 Å². The first-order valence-electron chi connectivity index (χ1n) is 14.2. The third-order valence-corrected chi connectivity index (χ3v) is 8.85. The van der Waals surface area contributed by atoms with Crippen LogP contribution in [0.4, 0.5) is 5.69 Å². The number of sulfonamides is 1. The molecule has 0 aliphatic heterocycles. The van der Waals surface area contributed by atoms with Gasteiger partial charge in [0, 0.05) is 53.0 Å². The Morgan fingerprint density at radius 3 is 2.52 bits per heavy atom. The summed E-state index contributed by atoms with van der Waals surface area (Å²) in [7, 11) is -3.74. The third kappa shape index (κ3) is 7.64. The zero-order valence-corrected chi connectivity index (χ0v) is 25.3. The Morgan fingerprint density at radius 2 is 1.77 bits per heavy atom. The molecule has 3 aromatic carbocycles. The van der Waals surface area contributed by atoms with Crippen LogP contribution >= 0.6 is 0 Å². The predicted molar refractivity (Wildman–Crippen MR) is 170 cm³/mol. The number of hydrogen-bond donors (Lipinski definition) is 6. The molecule has 0 aliphatic rings. The van der Waals surface area contributed by atoms with Gasteiger partial charge in [-0.2, -0.15) is 0 Å². The van der Waals surface area contributed by atoms with Gasteiger partial charge in [-0.25, -0.2) is 8.42 Å². The number of fused-ring (bicyclic) bond motifs is 1. The summed E-state index contributed by atoms with van der Waals surface area (Å²) in [6.07, 6.45) is 1.91. The van der Waals surface area contributed by atoms with Gasteiger partial charge in [-0.15, -0.1) is 0 Å². The summed E-state index contributed by atoms with van der Waals surface area (Å²) in [5.74, 6) is -0.232. The van der Waals surface area contributed by atoms with E-state index in [9.17, 15) is 23.1 Å². The number of aliphatic hydroxyl groups is 1. The first kappa shape index (κ1) is 30.8. The molecule has 11 nitrogen and oxygen atoms in total. The fourth-order valence-electron chi connectivity index (χ4n) is 4.88. The highest BCUT2D eigenvalue weighted by molar-refractivity contribution is 7.92. The van der Waals surface area contributed by atoms with E-state index in [0.29, 0.717) is 29.1 Å². The number of nitrogens with one attached hydrogen (secondary N) is 5. The van der Waals surface area contributed by atoms with Crippen molar-refractivity contribution in [3.05, 3.63) is 118 Å². The molecule has 0 saturated carbocycles. The Labute approximate surface area is 255 Å². The fourth-order valence-corrected chi connectivity index (χ4v) is 5.95. The summed E-state index contributed by atoms with van der Waals surface area (Å²) in [5, 5.41) is 23.2. The minimum absolute atomic E-state index is 0.166. The van der Waals surface area contributed by atoms with Crippen LogP contribution in [0.2, 0.25) is 0 Å². The van der Waals surface area contributed by atoms with Gasteiger partial charge in [0.05, 0.1) is 23.2 Å². The number of aliphatic hydroxyl groups excluding tert-OH is 1. The molecule has 5 rings (SSSR count). The van der Waals surface area contributed by atoms with Gasteiger partial charge in [0.25, 0.3) is 21.5 Å². The molecule has 2 aromatic heterocycles. The maximum absolute atomic E-state index is 12.7. The lowest BCUT2D eigenvalue weighted by molar-refractivity contribution is 0.0950. The topological polar surface area (TPSA) is 161 Å². The molecule has 1 amide bonds. The van der Waals surface area contributed by atoms with Crippen molar-refractivity contribution in [2.45, 2.75) is 49.9 Å². The van der Waals surface area contributed by atoms with E-state index in [2.05, 4.69) is 44.0 Å². The molecule has 230 valence electrons. The Balaban J connectivity index is 1.14. The van der Waals surface area contributed by atoms with Crippen molar-refractivity contribution in [2.75, 3.05) is 11.3 Å². The van der Waals surface area contributed by atoms with Crippen molar-refractivity contribution in [3.63, 3.8) is 0 Å². The van der Waals surface area contributed by atoms with Gasteiger partial charge in [0.2, 0.25) is 0 Å². The van der Waals surface area contributed by atoms with E-state index in [-0.39, 0.29) is 35.0 Å². The Kier molecular flexibility index (Phi) is 9.04. The van der Waals surface area contributed by atoms with Crippen LogP contribution < -0.4 is 20.9 Å². The van der Waals surface area contributed by atoms with Crippen LogP contribution in [0, 0.1) is 0 Å². The Bertz CT molecular complexity index is 1910. The van der Waals surface area contributed by atoms with Crippen LogP contribution in [0.1, 0.15) is 48.0 Å². The van der Waals surface area contributed by atoms with E-state index in [1.54, 1.807) is 48.5 Å². The van der Waals surface area contributed by atoms with Gasteiger partial charge >= 0.3 is 0 Å². The molecule has 0 aliphatic carbocycles. The van der Waals surface area contributed by atoms with E-state index < -0.39 is 16.1 Å². The number of amides is 1. The quantitative estimate of drug-likeness (QED) is 0.118. The Hall–Kier alpha value is -4.65. The molecule has 12 heteroatoms. The summed E-state index contributed by atoms with van der Waals surface area (Å²) in [6.45, 7) is 5.34. The molecule has 2 heterocycles. The summed E-state index contributed by atoms with van der Waals surface area (Å²) in [4.78, 5) is 24.0. The summed E-state index contributed by atoms with van der Waals surface area (Å²) >= 11 is 0. The molecule has 0 unspecified atom stereocenters. The maximum Gasteiger partial charge on any atom is 0.264 e. The molecule has 6 N–H and O–H groups in total. The summed E-state index contributed by atoms with van der Waals surface area (Å²) < 4.78 is 30.1. The van der Waals surface area contributed by atoms with E-state index >= 15 is 0 Å². The number of benzene rings is 3. The van der Waals surface area contributed by atoms with Gasteiger partial charge in [0.15, 0.2) is 0 Å². The second-order valence-electron chi connectivity index (χ2n) is 11.3. The highest BCUT2D eigenvalue weighted by atomic mass is 32.2. The van der Waals surface area contributed by atoms with Gasteiger partial charge in [-0.3, -0.25) is 19.4 Å². The molecule has 0 fully saturated rings. The molecule has 0 radical (unpaired) electrons. The molecule has 1 atom stereocenters. The Morgan fingerprint density at radius 1 is 0.977 bits per heavy atom. The standard InChI is InChI=1S/C32H36N6O5S/c1-32(2,34-21-29(39)23-7-6-8-25(18-23)37-44(42,43)27-9-4-3-5-10-27)14-16-38-15-13-22-17-24(11-12-28(22)38)31(41)33-20-26-19-30(40)36-35-26/h3-13,15,17-19,29,34,37,39H,14,16,20-21H2,1-2H3,(H,33,41)(H2,35,36,40)/t29-/m0/s1. The van der Waals surface area contributed by atoms with E-state index in [1.165, 1.54) is 18.2 Å². The van der Waals surface area contributed by atoms with Crippen molar-refractivity contribution in [1.29, 1.82) is 0 Å². The molecule has 0 saturated heterocycles. The third-order valence-electron chi connectivity index (χ3n) is 7.45. The molecular formula is C32H36N6O5S. The predicted octanol–water partition coefficient (Wildman–Crippen LogP) is 3.88. The number of nitrogens with zero attached hydrogens (tertiary/aromatic N) is 1. The molecule has 44 heavy (non-hydrogen) atoms. The van der Waals surface area contributed by atoms with Gasteiger partial charge in [0.1, 0.15) is 0 Å². The summed E-state index contributed by atoms with van der Waals surface area (Å²) in [6, 6.07) is 23.8. The monoisotopic (exact) mass is 616 g/mol. The lowest BCUT2D eigenvalue weighted by atomic mass is 9.99. The van der Waals surface area contributed by atoms with Crippen LogP contribution in [0.25, 0.3) is 10.9 Å². The number of anilines is 1. The van der Waals surface area contributed by atoms with Gasteiger partial charge < -0.3 is 25.4 Å². The van der Waals surface area contributed by atoms with Gasteiger partial charge in [-0.1, -0.05) is 30.3 Å². The van der Waals surface area contributed by atoms with Crippen LogP contribution in [0.5, 0.6) is 0 Å². The molecule has 0 spiro atoms. The normalized spacial score (nSPS) is 12.7. The average molecular weight is 617 g/mol. The zero-order chi connectivity index (χ0) is 31.3. The van der Waals surface area contributed by atoms with E-state index in [0.717, 1.165) is 17.3 Å². The van der Waals surface area contributed by atoms with Crippen molar-refractivity contribution < 1.29 is 18.3 Å².